The van der Waals surface area contributed by atoms with Crippen LogP contribution >= 0.6 is 0 Å². The van der Waals surface area contributed by atoms with Gasteiger partial charge in [-0.15, -0.1) is 0 Å². The Kier molecular flexibility index (Phi) is 3.08. The van der Waals surface area contributed by atoms with Gasteiger partial charge >= 0.3 is 0 Å². The molecule has 2 nitrogen and oxygen atoms in total. The molecule has 1 heterocycles. The Balaban J connectivity index is 2.09. The van der Waals surface area contributed by atoms with Gasteiger partial charge in [0.2, 0.25) is 0 Å². The fourth-order valence-corrected chi connectivity index (χ4v) is 2.69. The minimum atomic E-state index is 0.205. The van der Waals surface area contributed by atoms with Gasteiger partial charge in [0, 0.05) is 31.3 Å². The van der Waals surface area contributed by atoms with Crippen molar-refractivity contribution >= 4 is 11.5 Å². The molecule has 0 amide bonds. The summed E-state index contributed by atoms with van der Waals surface area (Å²) in [5.74, 6) is 0.205. The molecule has 1 aliphatic rings. The van der Waals surface area contributed by atoms with Gasteiger partial charge in [-0.05, 0) is 29.7 Å². The Morgan fingerprint density at radius 2 is 1.63 bits per heavy atom. The first-order valence-electron chi connectivity index (χ1n) is 6.66. The Morgan fingerprint density at radius 3 is 2.47 bits per heavy atom. The van der Waals surface area contributed by atoms with Crippen LogP contribution in [-0.2, 0) is 12.8 Å². The largest absolute Gasteiger partial charge is 0.374 e. The zero-order valence-corrected chi connectivity index (χ0v) is 11.1. The normalized spacial score (nSPS) is 15.0. The highest BCUT2D eigenvalue weighted by Crippen LogP contribution is 2.24. The fraction of sp³-hybridized carbons (Fsp3) is 0.235. The molecular formula is C17H17NO. The van der Waals surface area contributed by atoms with Crippen molar-refractivity contribution in [3.05, 3.63) is 65.2 Å². The van der Waals surface area contributed by atoms with Gasteiger partial charge in [-0.25, -0.2) is 0 Å². The molecule has 0 aliphatic carbocycles. The van der Waals surface area contributed by atoms with Crippen LogP contribution in [0.5, 0.6) is 0 Å². The van der Waals surface area contributed by atoms with E-state index in [4.69, 9.17) is 0 Å². The standard InChI is InChI=1S/C17H17NO/c1-18-11-10-13-6-2-3-7-14(13)12-17(19)15-8-4-5-9-16(15)18/h2-9H,10-12H2,1H3. The van der Waals surface area contributed by atoms with Gasteiger partial charge in [-0.1, -0.05) is 36.4 Å². The van der Waals surface area contributed by atoms with Crippen LogP contribution in [0.15, 0.2) is 48.5 Å². The molecule has 0 saturated carbocycles. The van der Waals surface area contributed by atoms with Gasteiger partial charge < -0.3 is 4.90 Å². The van der Waals surface area contributed by atoms with Crippen LogP contribution in [-0.4, -0.2) is 19.4 Å². The van der Waals surface area contributed by atoms with Crippen molar-refractivity contribution < 1.29 is 4.79 Å². The molecule has 0 fully saturated rings. The number of nitrogens with zero attached hydrogens (tertiary/aromatic N) is 1. The number of anilines is 1. The molecular weight excluding hydrogens is 234 g/mol. The number of rotatable bonds is 0. The van der Waals surface area contributed by atoms with Crippen molar-refractivity contribution in [2.24, 2.45) is 0 Å². The Morgan fingerprint density at radius 1 is 0.947 bits per heavy atom. The molecule has 0 atom stereocenters. The summed E-state index contributed by atoms with van der Waals surface area (Å²) in [6, 6.07) is 16.2. The number of hydrogen-bond acceptors (Lipinski definition) is 2. The summed E-state index contributed by atoms with van der Waals surface area (Å²) < 4.78 is 0. The van der Waals surface area contributed by atoms with E-state index < -0.39 is 0 Å². The molecule has 0 bridgehead atoms. The highest BCUT2D eigenvalue weighted by Gasteiger charge is 2.18. The average molecular weight is 251 g/mol. The molecule has 2 heteroatoms. The van der Waals surface area contributed by atoms with E-state index in [1.54, 1.807) is 0 Å². The van der Waals surface area contributed by atoms with Gasteiger partial charge in [0.1, 0.15) is 0 Å². The van der Waals surface area contributed by atoms with Crippen LogP contribution in [0.25, 0.3) is 0 Å². The maximum absolute atomic E-state index is 12.5. The molecule has 2 aromatic rings. The highest BCUT2D eigenvalue weighted by molar-refractivity contribution is 6.02. The minimum absolute atomic E-state index is 0.205. The van der Waals surface area contributed by atoms with E-state index in [9.17, 15) is 4.79 Å². The number of likely N-dealkylation sites (N-methyl/N-ethyl adjacent to an activating group) is 1. The number of carbonyl (C=O) groups excluding carboxylic acids is 1. The van der Waals surface area contributed by atoms with E-state index in [2.05, 4.69) is 24.1 Å². The van der Waals surface area contributed by atoms with E-state index in [-0.39, 0.29) is 5.78 Å². The lowest BCUT2D eigenvalue weighted by Crippen LogP contribution is -2.21. The Bertz CT molecular complexity index is 618. The third-order valence-electron chi connectivity index (χ3n) is 3.80. The molecule has 19 heavy (non-hydrogen) atoms. The molecule has 0 spiro atoms. The summed E-state index contributed by atoms with van der Waals surface area (Å²) >= 11 is 0. The highest BCUT2D eigenvalue weighted by atomic mass is 16.1. The first-order valence-corrected chi connectivity index (χ1v) is 6.66. The van der Waals surface area contributed by atoms with Crippen LogP contribution in [0.3, 0.4) is 0 Å². The molecule has 0 N–H and O–H groups in total. The molecule has 0 saturated heterocycles. The Hall–Kier alpha value is -2.09. The smallest absolute Gasteiger partial charge is 0.169 e. The SMILES string of the molecule is CN1CCc2ccccc2CC(=O)c2ccccc21. The van der Waals surface area contributed by atoms with Crippen LogP contribution in [0.4, 0.5) is 5.69 Å². The third-order valence-corrected chi connectivity index (χ3v) is 3.80. The van der Waals surface area contributed by atoms with Crippen molar-refractivity contribution in [3.63, 3.8) is 0 Å². The summed E-state index contributed by atoms with van der Waals surface area (Å²) in [6.07, 6.45) is 1.48. The molecule has 0 aromatic heterocycles. The lowest BCUT2D eigenvalue weighted by molar-refractivity contribution is 0.0993. The molecule has 3 rings (SSSR count). The number of ketones is 1. The average Bonchev–Trinajstić information content (AvgIpc) is 2.50. The number of carbonyl (C=O) groups is 1. The minimum Gasteiger partial charge on any atom is -0.374 e. The maximum Gasteiger partial charge on any atom is 0.169 e. The lowest BCUT2D eigenvalue weighted by atomic mass is 9.97. The second-order valence-electron chi connectivity index (χ2n) is 5.06. The van der Waals surface area contributed by atoms with Gasteiger partial charge in [0.25, 0.3) is 0 Å². The van der Waals surface area contributed by atoms with Crippen LogP contribution in [0.1, 0.15) is 21.5 Å². The van der Waals surface area contributed by atoms with Crippen molar-refractivity contribution in [2.45, 2.75) is 12.8 Å². The number of benzene rings is 2. The van der Waals surface area contributed by atoms with Gasteiger partial charge in [0.05, 0.1) is 0 Å². The lowest BCUT2D eigenvalue weighted by Gasteiger charge is -2.20. The number of fused-ring (bicyclic) bond motifs is 2. The second-order valence-corrected chi connectivity index (χ2v) is 5.06. The van der Waals surface area contributed by atoms with E-state index in [0.29, 0.717) is 6.42 Å². The molecule has 0 radical (unpaired) electrons. The van der Waals surface area contributed by atoms with Crippen molar-refractivity contribution in [3.8, 4) is 0 Å². The van der Waals surface area contributed by atoms with Crippen molar-refractivity contribution in [2.75, 3.05) is 18.5 Å². The fourth-order valence-electron chi connectivity index (χ4n) is 2.69. The molecule has 2 aromatic carbocycles. The van der Waals surface area contributed by atoms with Gasteiger partial charge in [0.15, 0.2) is 5.78 Å². The van der Waals surface area contributed by atoms with Crippen molar-refractivity contribution in [1.82, 2.24) is 0 Å². The van der Waals surface area contributed by atoms with Crippen LogP contribution in [0, 0.1) is 0 Å². The second kappa shape index (κ2) is 4.88. The maximum atomic E-state index is 12.5. The summed E-state index contributed by atoms with van der Waals surface area (Å²) in [4.78, 5) is 14.7. The van der Waals surface area contributed by atoms with Crippen molar-refractivity contribution in [1.29, 1.82) is 0 Å². The predicted octanol–water partition coefficient (Wildman–Crippen LogP) is 3.10. The van der Waals surface area contributed by atoms with E-state index in [1.165, 1.54) is 5.56 Å². The summed E-state index contributed by atoms with van der Waals surface area (Å²) in [7, 11) is 2.06. The van der Waals surface area contributed by atoms with E-state index in [1.807, 2.05) is 36.4 Å². The topological polar surface area (TPSA) is 20.3 Å². The zero-order valence-electron chi connectivity index (χ0n) is 11.1. The summed E-state index contributed by atoms with van der Waals surface area (Å²) in [6.45, 7) is 0.932. The quantitative estimate of drug-likeness (QED) is 0.717. The third kappa shape index (κ3) is 2.26. The zero-order chi connectivity index (χ0) is 13.2. The Labute approximate surface area is 113 Å². The predicted molar refractivity (Wildman–Crippen MR) is 77.9 cm³/mol. The van der Waals surface area contributed by atoms with Crippen LogP contribution in [0.2, 0.25) is 0 Å². The molecule has 0 unspecified atom stereocenters. The number of hydrogen-bond donors (Lipinski definition) is 0. The number of para-hydroxylation sites is 1. The summed E-state index contributed by atoms with van der Waals surface area (Å²) in [5.41, 5.74) is 4.33. The van der Waals surface area contributed by atoms with E-state index >= 15 is 0 Å². The first kappa shape index (κ1) is 12.0. The van der Waals surface area contributed by atoms with Gasteiger partial charge in [-0.3, -0.25) is 4.79 Å². The van der Waals surface area contributed by atoms with Gasteiger partial charge in [-0.2, -0.15) is 0 Å². The van der Waals surface area contributed by atoms with Crippen LogP contribution < -0.4 is 4.90 Å². The monoisotopic (exact) mass is 251 g/mol. The molecule has 96 valence electrons. The van der Waals surface area contributed by atoms with E-state index in [0.717, 1.165) is 29.8 Å². The molecule has 1 aliphatic heterocycles. The first-order chi connectivity index (χ1) is 9.25. The number of Topliss-reactive ketones (excluding diaryl/α,β-unsaturated/α-hetero) is 1. The summed E-state index contributed by atoms with van der Waals surface area (Å²) in [5, 5.41) is 0.